The van der Waals surface area contributed by atoms with Crippen LogP contribution in [0, 0.1) is 0 Å². The average molecular weight is 458 g/mol. The summed E-state index contributed by atoms with van der Waals surface area (Å²) < 4.78 is 7.30. The Labute approximate surface area is 192 Å². The van der Waals surface area contributed by atoms with Crippen molar-refractivity contribution in [3.63, 3.8) is 0 Å². The molecule has 1 saturated heterocycles. The SMILES string of the molecule is CCn1ncc2c(NC3CCOCC3)c(C(=O)N(CCO)Cc3cccc(Cl)c3)cnc21. The van der Waals surface area contributed by atoms with Crippen LogP contribution in [-0.2, 0) is 17.8 Å². The van der Waals surface area contributed by atoms with E-state index in [1.165, 1.54) is 0 Å². The number of hydrogen-bond donors (Lipinski definition) is 2. The van der Waals surface area contributed by atoms with Gasteiger partial charge in [0.2, 0.25) is 0 Å². The minimum absolute atomic E-state index is 0.140. The summed E-state index contributed by atoms with van der Waals surface area (Å²) in [7, 11) is 0. The average Bonchev–Trinajstić information content (AvgIpc) is 3.23. The third-order valence-corrected chi connectivity index (χ3v) is 5.92. The van der Waals surface area contributed by atoms with Crippen molar-refractivity contribution in [1.82, 2.24) is 19.7 Å². The predicted molar refractivity (Wildman–Crippen MR) is 124 cm³/mol. The van der Waals surface area contributed by atoms with Crippen molar-refractivity contribution >= 4 is 34.2 Å². The number of amides is 1. The smallest absolute Gasteiger partial charge is 0.257 e. The van der Waals surface area contributed by atoms with Crippen molar-refractivity contribution in [3.8, 4) is 0 Å². The first-order chi connectivity index (χ1) is 15.6. The summed E-state index contributed by atoms with van der Waals surface area (Å²) in [5.74, 6) is -0.202. The van der Waals surface area contributed by atoms with E-state index in [9.17, 15) is 9.90 Å². The standard InChI is InChI=1S/C23H28ClN5O3/c1-2-29-22-19(14-26-29)21(27-18-6-10-32-11-7-18)20(13-25-22)23(31)28(8-9-30)15-16-4-3-5-17(24)12-16/h3-5,12-14,18,30H,2,6-11,15H2,1H3,(H,25,27). The highest BCUT2D eigenvalue weighted by Crippen LogP contribution is 2.29. The number of aryl methyl sites for hydroxylation is 1. The van der Waals surface area contributed by atoms with Gasteiger partial charge in [-0.2, -0.15) is 5.10 Å². The molecule has 32 heavy (non-hydrogen) atoms. The number of fused-ring (bicyclic) bond motifs is 1. The van der Waals surface area contributed by atoms with Gasteiger partial charge in [0.25, 0.3) is 5.91 Å². The number of anilines is 1. The highest BCUT2D eigenvalue weighted by molar-refractivity contribution is 6.30. The van der Waals surface area contributed by atoms with E-state index in [-0.39, 0.29) is 25.1 Å². The van der Waals surface area contributed by atoms with Crippen molar-refractivity contribution in [1.29, 1.82) is 0 Å². The molecule has 0 saturated carbocycles. The largest absolute Gasteiger partial charge is 0.395 e. The molecule has 2 N–H and O–H groups in total. The highest BCUT2D eigenvalue weighted by atomic mass is 35.5. The molecule has 3 heterocycles. The van der Waals surface area contributed by atoms with Crippen LogP contribution in [0.1, 0.15) is 35.7 Å². The number of aliphatic hydroxyl groups is 1. The molecule has 0 unspecified atom stereocenters. The lowest BCUT2D eigenvalue weighted by atomic mass is 10.1. The van der Waals surface area contributed by atoms with E-state index in [0.29, 0.717) is 36.9 Å². The Morgan fingerprint density at radius 2 is 2.16 bits per heavy atom. The molecule has 4 rings (SSSR count). The molecule has 1 amide bonds. The fraction of sp³-hybridized carbons (Fsp3) is 0.435. The summed E-state index contributed by atoms with van der Waals surface area (Å²) in [4.78, 5) is 19.8. The molecule has 8 nitrogen and oxygen atoms in total. The maximum atomic E-state index is 13.7. The molecule has 1 aliphatic heterocycles. The van der Waals surface area contributed by atoms with Crippen molar-refractivity contribution in [3.05, 3.63) is 52.8 Å². The van der Waals surface area contributed by atoms with Crippen molar-refractivity contribution < 1.29 is 14.6 Å². The second-order valence-corrected chi connectivity index (χ2v) is 8.29. The number of nitrogens with one attached hydrogen (secondary N) is 1. The second-order valence-electron chi connectivity index (χ2n) is 7.86. The summed E-state index contributed by atoms with van der Waals surface area (Å²) in [5, 5.41) is 19.1. The van der Waals surface area contributed by atoms with Crippen molar-refractivity contribution in [2.24, 2.45) is 0 Å². The lowest BCUT2D eigenvalue weighted by Crippen LogP contribution is -2.35. The minimum Gasteiger partial charge on any atom is -0.395 e. The van der Waals surface area contributed by atoms with Crippen LogP contribution in [0.3, 0.4) is 0 Å². The summed E-state index contributed by atoms with van der Waals surface area (Å²) in [5.41, 5.74) is 2.84. The Balaban J connectivity index is 1.71. The number of rotatable bonds is 8. The summed E-state index contributed by atoms with van der Waals surface area (Å²) in [6.07, 6.45) is 5.10. The van der Waals surface area contributed by atoms with E-state index in [1.807, 2.05) is 29.8 Å². The fourth-order valence-corrected chi connectivity index (χ4v) is 4.23. The zero-order valence-electron chi connectivity index (χ0n) is 18.1. The topological polar surface area (TPSA) is 92.5 Å². The predicted octanol–water partition coefficient (Wildman–Crippen LogP) is 3.33. The molecule has 0 bridgehead atoms. The summed E-state index contributed by atoms with van der Waals surface area (Å²) in [6, 6.07) is 7.59. The Kier molecular flexibility index (Phi) is 7.24. The molecule has 2 aromatic heterocycles. The van der Waals surface area contributed by atoms with E-state index in [2.05, 4.69) is 15.4 Å². The number of carbonyl (C=O) groups is 1. The van der Waals surface area contributed by atoms with Gasteiger partial charge in [0.15, 0.2) is 5.65 Å². The number of pyridine rings is 1. The third-order valence-electron chi connectivity index (χ3n) is 5.69. The molecular formula is C23H28ClN5O3. The van der Waals surface area contributed by atoms with Crippen LogP contribution in [0.5, 0.6) is 0 Å². The monoisotopic (exact) mass is 457 g/mol. The van der Waals surface area contributed by atoms with Crippen LogP contribution >= 0.6 is 11.6 Å². The van der Waals surface area contributed by atoms with Crippen LogP contribution in [0.2, 0.25) is 5.02 Å². The maximum Gasteiger partial charge on any atom is 0.257 e. The first kappa shape index (κ1) is 22.5. The van der Waals surface area contributed by atoms with Gasteiger partial charge in [0, 0.05) is 50.1 Å². The van der Waals surface area contributed by atoms with E-state index < -0.39 is 0 Å². The number of carbonyl (C=O) groups excluding carboxylic acids is 1. The van der Waals surface area contributed by atoms with Crippen LogP contribution in [0.15, 0.2) is 36.7 Å². The first-order valence-electron chi connectivity index (χ1n) is 10.9. The molecule has 1 aliphatic rings. The molecule has 170 valence electrons. The molecule has 1 fully saturated rings. The lowest BCUT2D eigenvalue weighted by molar-refractivity contribution is 0.0708. The van der Waals surface area contributed by atoms with Gasteiger partial charge in [-0.05, 0) is 37.5 Å². The van der Waals surface area contributed by atoms with Gasteiger partial charge in [0.1, 0.15) is 0 Å². The minimum atomic E-state index is -0.202. The summed E-state index contributed by atoms with van der Waals surface area (Å²) >= 11 is 6.12. The van der Waals surface area contributed by atoms with E-state index in [0.717, 1.165) is 35.1 Å². The number of ether oxygens (including phenoxy) is 1. The maximum absolute atomic E-state index is 13.7. The normalized spacial score (nSPS) is 14.6. The number of halogens is 1. The molecule has 9 heteroatoms. The molecule has 0 radical (unpaired) electrons. The zero-order valence-corrected chi connectivity index (χ0v) is 18.9. The number of aliphatic hydroxyl groups excluding tert-OH is 1. The van der Waals surface area contributed by atoms with E-state index >= 15 is 0 Å². The first-order valence-corrected chi connectivity index (χ1v) is 11.3. The van der Waals surface area contributed by atoms with E-state index in [1.54, 1.807) is 23.4 Å². The van der Waals surface area contributed by atoms with Gasteiger partial charge in [-0.1, -0.05) is 23.7 Å². The Morgan fingerprint density at radius 3 is 2.88 bits per heavy atom. The van der Waals surface area contributed by atoms with Crippen LogP contribution in [-0.4, -0.2) is 63.1 Å². The van der Waals surface area contributed by atoms with Gasteiger partial charge in [-0.3, -0.25) is 4.79 Å². The highest BCUT2D eigenvalue weighted by Gasteiger charge is 2.25. The van der Waals surface area contributed by atoms with Gasteiger partial charge in [-0.25, -0.2) is 9.67 Å². The number of benzene rings is 1. The molecule has 0 aliphatic carbocycles. The van der Waals surface area contributed by atoms with Crippen LogP contribution < -0.4 is 5.32 Å². The lowest BCUT2D eigenvalue weighted by Gasteiger charge is -2.27. The number of hydrogen-bond acceptors (Lipinski definition) is 6. The van der Waals surface area contributed by atoms with Gasteiger partial charge < -0.3 is 20.1 Å². The van der Waals surface area contributed by atoms with Gasteiger partial charge in [-0.15, -0.1) is 0 Å². The van der Waals surface area contributed by atoms with Crippen LogP contribution in [0.4, 0.5) is 5.69 Å². The Bertz CT molecular complexity index is 1080. The quantitative estimate of drug-likeness (QED) is 0.539. The van der Waals surface area contributed by atoms with Gasteiger partial charge >= 0.3 is 0 Å². The number of aromatic nitrogens is 3. The van der Waals surface area contributed by atoms with Crippen molar-refractivity contribution in [2.75, 3.05) is 31.7 Å². The number of nitrogens with zero attached hydrogens (tertiary/aromatic N) is 4. The van der Waals surface area contributed by atoms with Gasteiger partial charge in [0.05, 0.1) is 29.4 Å². The van der Waals surface area contributed by atoms with Crippen LogP contribution in [0.25, 0.3) is 11.0 Å². The fourth-order valence-electron chi connectivity index (χ4n) is 4.02. The second kappa shape index (κ2) is 10.3. The Hall–Kier alpha value is -2.68. The molecule has 0 atom stereocenters. The molecular weight excluding hydrogens is 430 g/mol. The summed E-state index contributed by atoms with van der Waals surface area (Å²) in [6.45, 7) is 4.47. The molecule has 3 aromatic rings. The molecule has 0 spiro atoms. The molecule has 1 aromatic carbocycles. The zero-order chi connectivity index (χ0) is 22.5. The third kappa shape index (κ3) is 4.87. The van der Waals surface area contributed by atoms with Crippen molar-refractivity contribution in [2.45, 2.75) is 38.9 Å². The Morgan fingerprint density at radius 1 is 1.34 bits per heavy atom. The van der Waals surface area contributed by atoms with E-state index in [4.69, 9.17) is 16.3 Å².